The molecule has 1 heterocycles. The van der Waals surface area contributed by atoms with E-state index in [2.05, 4.69) is 0 Å². The lowest BCUT2D eigenvalue weighted by Crippen LogP contribution is -2.47. The second-order valence-electron chi connectivity index (χ2n) is 7.79. The highest BCUT2D eigenvalue weighted by atomic mass is 32.2. The third kappa shape index (κ3) is 5.26. The number of nitrogens with zero attached hydrogens (tertiary/aromatic N) is 2. The maximum absolute atomic E-state index is 12.9. The maximum atomic E-state index is 12.9. The average molecular weight is 477 g/mol. The number of carboxylic acid groups (broad SMARTS) is 1. The predicted molar refractivity (Wildman–Crippen MR) is 118 cm³/mol. The molecule has 0 bridgehead atoms. The summed E-state index contributed by atoms with van der Waals surface area (Å²) < 4.78 is 33.4. The molecule has 3 N–H and O–H groups in total. The van der Waals surface area contributed by atoms with Crippen LogP contribution < -0.4 is 10.4 Å². The second-order valence-corrected chi connectivity index (χ2v) is 9.78. The molecule has 2 aromatic carbocycles. The molecular weight excluding hydrogens is 452 g/mol. The van der Waals surface area contributed by atoms with E-state index in [-0.39, 0.29) is 4.90 Å². The van der Waals surface area contributed by atoms with Gasteiger partial charge >= 0.3 is 11.7 Å². The number of sulfone groups is 1. The molecule has 33 heavy (non-hydrogen) atoms. The van der Waals surface area contributed by atoms with Gasteiger partial charge in [0.05, 0.1) is 16.8 Å². The predicted octanol–water partition coefficient (Wildman–Crippen LogP) is 1.93. The summed E-state index contributed by atoms with van der Waals surface area (Å²) in [5.41, 5.74) is -3.34. The van der Waals surface area contributed by atoms with Gasteiger partial charge in [-0.25, -0.2) is 18.0 Å². The summed E-state index contributed by atoms with van der Waals surface area (Å²) in [5.74, 6) is -2.38. The number of ether oxygens (including phenoxy) is 1. The summed E-state index contributed by atoms with van der Waals surface area (Å²) in [6, 6.07) is 13.2. The van der Waals surface area contributed by atoms with Crippen LogP contribution in [0.25, 0.3) is 0 Å². The number of hydrogen-bond acceptors (Lipinski definition) is 7. The maximum Gasteiger partial charge on any atom is 0.336 e. The summed E-state index contributed by atoms with van der Waals surface area (Å²) in [5, 5.41) is 30.3. The zero-order valence-electron chi connectivity index (χ0n) is 18.0. The molecule has 3 aromatic rings. The van der Waals surface area contributed by atoms with Crippen molar-refractivity contribution in [1.82, 2.24) is 9.13 Å². The Balaban J connectivity index is 1.81. The van der Waals surface area contributed by atoms with Crippen LogP contribution in [0.15, 0.2) is 70.5 Å². The fourth-order valence-corrected chi connectivity index (χ4v) is 5.09. The minimum atomic E-state index is -4.24. The Morgan fingerprint density at radius 3 is 2.18 bits per heavy atom. The minimum absolute atomic E-state index is 0.199. The highest BCUT2D eigenvalue weighted by Crippen LogP contribution is 2.29. The molecule has 1 aromatic heterocycles. The van der Waals surface area contributed by atoms with Crippen LogP contribution in [0.4, 0.5) is 0 Å². The number of aromatic hydroxyl groups is 1. The summed E-state index contributed by atoms with van der Waals surface area (Å²) in [4.78, 5) is 23.8. The van der Waals surface area contributed by atoms with Crippen LogP contribution in [0.2, 0.25) is 0 Å². The van der Waals surface area contributed by atoms with E-state index in [1.165, 1.54) is 38.2 Å². The molecule has 2 unspecified atom stereocenters. The highest BCUT2D eigenvalue weighted by molar-refractivity contribution is 7.91. The molecule has 0 saturated carbocycles. The molecule has 2 atom stereocenters. The van der Waals surface area contributed by atoms with Crippen molar-refractivity contribution in [1.29, 1.82) is 0 Å². The number of aryl methyl sites for hydroxylation is 1. The van der Waals surface area contributed by atoms with Gasteiger partial charge in [0.25, 0.3) is 0 Å². The number of aliphatic carboxylic acids is 1. The van der Waals surface area contributed by atoms with Crippen LogP contribution in [0.5, 0.6) is 17.4 Å². The van der Waals surface area contributed by atoms with Crippen molar-refractivity contribution < 1.29 is 33.3 Å². The van der Waals surface area contributed by atoms with E-state index in [4.69, 9.17) is 4.74 Å². The molecule has 0 amide bonds. The number of benzene rings is 2. The fourth-order valence-electron chi connectivity index (χ4n) is 3.50. The van der Waals surface area contributed by atoms with Crippen molar-refractivity contribution >= 4 is 15.8 Å². The van der Waals surface area contributed by atoms with E-state index in [0.29, 0.717) is 11.5 Å². The Hall–Kier alpha value is -3.57. The average Bonchev–Trinajstić information content (AvgIpc) is 3.00. The first-order chi connectivity index (χ1) is 15.4. The number of carboxylic acids is 1. The molecule has 0 aliphatic rings. The van der Waals surface area contributed by atoms with E-state index in [0.717, 1.165) is 15.3 Å². The topological polar surface area (TPSA) is 148 Å². The van der Waals surface area contributed by atoms with E-state index in [9.17, 15) is 33.3 Å². The first-order valence-electron chi connectivity index (χ1n) is 9.91. The molecule has 0 aliphatic heterocycles. The Kier molecular flexibility index (Phi) is 6.65. The van der Waals surface area contributed by atoms with Crippen molar-refractivity contribution in [2.45, 2.75) is 29.9 Å². The van der Waals surface area contributed by atoms with Gasteiger partial charge < -0.3 is 20.1 Å². The van der Waals surface area contributed by atoms with E-state index in [1.54, 1.807) is 24.3 Å². The SMILES string of the molecule is CC(CC(O)(CS(=O)(=O)c1ccc(Oc2ccccc2)cc1)C(=O)O)n1c(O)cn(C)c1=O. The van der Waals surface area contributed by atoms with Crippen LogP contribution in [0.1, 0.15) is 19.4 Å². The van der Waals surface area contributed by atoms with Gasteiger partial charge in [-0.3, -0.25) is 9.13 Å². The van der Waals surface area contributed by atoms with Crippen molar-refractivity contribution in [3.63, 3.8) is 0 Å². The first kappa shape index (κ1) is 24.1. The van der Waals surface area contributed by atoms with Crippen LogP contribution in [0, 0.1) is 0 Å². The third-order valence-corrected chi connectivity index (χ3v) is 6.97. The number of hydrogen-bond donors (Lipinski definition) is 3. The first-order valence-corrected chi connectivity index (χ1v) is 11.6. The molecule has 176 valence electrons. The molecule has 11 heteroatoms. The van der Waals surface area contributed by atoms with Gasteiger partial charge in [-0.15, -0.1) is 0 Å². The fraction of sp³-hybridized carbons (Fsp3) is 0.273. The molecule has 0 fully saturated rings. The summed E-state index contributed by atoms with van der Waals surface area (Å²) in [6.45, 7) is 1.40. The zero-order valence-corrected chi connectivity index (χ0v) is 18.8. The number of carbonyl (C=O) groups is 1. The quantitative estimate of drug-likeness (QED) is 0.424. The molecule has 10 nitrogen and oxygen atoms in total. The molecular formula is C22H24N2O8S. The second kappa shape index (κ2) is 9.12. The number of para-hydroxylation sites is 1. The van der Waals surface area contributed by atoms with Crippen molar-refractivity contribution in [2.75, 3.05) is 5.75 Å². The lowest BCUT2D eigenvalue weighted by atomic mass is 9.97. The van der Waals surface area contributed by atoms with Crippen LogP contribution in [-0.2, 0) is 21.7 Å². The van der Waals surface area contributed by atoms with Crippen LogP contribution in [0.3, 0.4) is 0 Å². The molecule has 0 radical (unpaired) electrons. The zero-order chi connectivity index (χ0) is 24.4. The minimum Gasteiger partial charge on any atom is -0.493 e. The van der Waals surface area contributed by atoms with Crippen molar-refractivity contribution in [2.24, 2.45) is 7.05 Å². The van der Waals surface area contributed by atoms with E-state index in [1.807, 2.05) is 6.07 Å². The molecule has 0 spiro atoms. The molecule has 0 saturated heterocycles. The molecule has 3 rings (SSSR count). The van der Waals surface area contributed by atoms with Gasteiger partial charge in [-0.1, -0.05) is 18.2 Å². The Morgan fingerprint density at radius 1 is 1.09 bits per heavy atom. The smallest absolute Gasteiger partial charge is 0.336 e. The lowest BCUT2D eigenvalue weighted by molar-refractivity contribution is -0.157. The number of aromatic nitrogens is 2. The number of imidazole rings is 1. The Morgan fingerprint density at radius 2 is 1.67 bits per heavy atom. The normalized spacial score (nSPS) is 14.4. The van der Waals surface area contributed by atoms with E-state index >= 15 is 0 Å². The van der Waals surface area contributed by atoms with E-state index < -0.39 is 51.2 Å². The number of rotatable bonds is 9. The van der Waals surface area contributed by atoms with Gasteiger partial charge in [0.2, 0.25) is 5.88 Å². The standard InChI is InChI=1S/C22H24N2O8S/c1-15(24-19(25)13-23(2)21(24)28)12-22(29,20(26)27)14-33(30,31)18-10-8-17(9-11-18)32-16-6-4-3-5-7-16/h3-11,13,15,25,29H,12,14H2,1-2H3,(H,26,27). The molecule has 0 aliphatic carbocycles. The Labute approximate surface area is 189 Å². The summed E-state index contributed by atoms with van der Waals surface area (Å²) in [6.07, 6.45) is 0.503. The van der Waals surface area contributed by atoms with Crippen LogP contribution >= 0.6 is 0 Å². The number of aliphatic hydroxyl groups is 1. The van der Waals surface area contributed by atoms with Gasteiger partial charge in [0.1, 0.15) is 11.5 Å². The van der Waals surface area contributed by atoms with Gasteiger partial charge in [-0.2, -0.15) is 0 Å². The van der Waals surface area contributed by atoms with Crippen LogP contribution in [-0.4, -0.2) is 50.2 Å². The highest BCUT2D eigenvalue weighted by Gasteiger charge is 2.43. The van der Waals surface area contributed by atoms with Crippen molar-refractivity contribution in [3.05, 3.63) is 71.3 Å². The third-order valence-electron chi connectivity index (χ3n) is 5.13. The largest absolute Gasteiger partial charge is 0.493 e. The lowest BCUT2D eigenvalue weighted by Gasteiger charge is -2.27. The van der Waals surface area contributed by atoms with Gasteiger partial charge in [-0.05, 0) is 43.3 Å². The summed E-state index contributed by atoms with van der Waals surface area (Å²) >= 11 is 0. The monoisotopic (exact) mass is 476 g/mol. The van der Waals surface area contributed by atoms with Gasteiger partial charge in [0, 0.05) is 19.5 Å². The Bertz CT molecular complexity index is 1300. The van der Waals surface area contributed by atoms with Crippen molar-refractivity contribution in [3.8, 4) is 17.4 Å². The van der Waals surface area contributed by atoms with Gasteiger partial charge in [0.15, 0.2) is 15.4 Å². The summed E-state index contributed by atoms with van der Waals surface area (Å²) in [7, 11) is -2.84.